The van der Waals surface area contributed by atoms with E-state index in [-0.39, 0.29) is 11.9 Å². The van der Waals surface area contributed by atoms with Crippen LogP contribution in [-0.4, -0.2) is 26.5 Å². The Morgan fingerprint density at radius 2 is 2.11 bits per heavy atom. The molecule has 0 aliphatic carbocycles. The number of hydrogen-bond acceptors (Lipinski definition) is 4. The van der Waals surface area contributed by atoms with E-state index < -0.39 is 0 Å². The van der Waals surface area contributed by atoms with Crippen LogP contribution < -0.4 is 5.32 Å². The van der Waals surface area contributed by atoms with Crippen molar-refractivity contribution in [2.45, 2.75) is 26.3 Å². The van der Waals surface area contributed by atoms with Gasteiger partial charge in [0.15, 0.2) is 5.82 Å². The van der Waals surface area contributed by atoms with Crippen molar-refractivity contribution in [2.24, 2.45) is 0 Å². The van der Waals surface area contributed by atoms with Crippen molar-refractivity contribution < 1.29 is 4.79 Å². The Bertz CT molecular complexity index is 506. The maximum absolute atomic E-state index is 12.0. The molecule has 6 nitrogen and oxygen atoms in total. The number of carbonyl (C=O) groups is 1. The smallest absolute Gasteiger partial charge is 0.251 e. The summed E-state index contributed by atoms with van der Waals surface area (Å²) in [5.41, 5.74) is 1.83. The minimum Gasteiger partial charge on any atom is -0.342 e. The monoisotopic (exact) mass is 245 g/mol. The van der Waals surface area contributed by atoms with Gasteiger partial charge in [-0.3, -0.25) is 4.79 Å². The summed E-state index contributed by atoms with van der Waals surface area (Å²) in [5.74, 6) is 0.323. The van der Waals surface area contributed by atoms with Crippen LogP contribution >= 0.6 is 0 Å². The summed E-state index contributed by atoms with van der Waals surface area (Å²) in [6, 6.07) is 7.26. The Morgan fingerprint density at radius 3 is 2.67 bits per heavy atom. The number of aromatic amines is 1. The SMILES string of the molecule is CCc1ccc(C(=O)NC(C)c2nn[nH]n2)cc1. The normalized spacial score (nSPS) is 12.1. The van der Waals surface area contributed by atoms with E-state index in [4.69, 9.17) is 0 Å². The molecule has 6 heteroatoms. The van der Waals surface area contributed by atoms with Crippen LogP contribution in [0.2, 0.25) is 0 Å². The largest absolute Gasteiger partial charge is 0.342 e. The summed E-state index contributed by atoms with van der Waals surface area (Å²) in [6.07, 6.45) is 0.959. The molecule has 0 saturated heterocycles. The Balaban J connectivity index is 2.03. The molecule has 0 spiro atoms. The summed E-state index contributed by atoms with van der Waals surface area (Å²) in [6.45, 7) is 3.89. The molecule has 94 valence electrons. The molecule has 18 heavy (non-hydrogen) atoms. The highest BCUT2D eigenvalue weighted by molar-refractivity contribution is 5.94. The van der Waals surface area contributed by atoms with E-state index in [0.717, 1.165) is 6.42 Å². The van der Waals surface area contributed by atoms with E-state index in [1.165, 1.54) is 5.56 Å². The number of rotatable bonds is 4. The van der Waals surface area contributed by atoms with Crippen LogP contribution in [0.1, 0.15) is 41.6 Å². The van der Waals surface area contributed by atoms with Gasteiger partial charge in [-0.1, -0.05) is 24.3 Å². The first-order valence-corrected chi connectivity index (χ1v) is 5.84. The Morgan fingerprint density at radius 1 is 1.39 bits per heavy atom. The Hall–Kier alpha value is -2.24. The zero-order chi connectivity index (χ0) is 13.0. The minimum absolute atomic E-state index is 0.144. The van der Waals surface area contributed by atoms with Crippen LogP contribution in [0, 0.1) is 0 Å². The first kappa shape index (κ1) is 12.2. The quantitative estimate of drug-likeness (QED) is 0.849. The molecule has 2 N–H and O–H groups in total. The summed E-state index contributed by atoms with van der Waals surface area (Å²) >= 11 is 0. The van der Waals surface area contributed by atoms with Gasteiger partial charge in [0.1, 0.15) is 0 Å². The molecule has 0 aliphatic rings. The van der Waals surface area contributed by atoms with E-state index in [1.807, 2.05) is 31.2 Å². The number of amides is 1. The summed E-state index contributed by atoms with van der Waals surface area (Å²) in [7, 11) is 0. The van der Waals surface area contributed by atoms with Crippen molar-refractivity contribution in [3.05, 3.63) is 41.2 Å². The zero-order valence-corrected chi connectivity index (χ0v) is 10.3. The predicted molar refractivity (Wildman–Crippen MR) is 65.9 cm³/mol. The van der Waals surface area contributed by atoms with Crippen molar-refractivity contribution in [1.29, 1.82) is 0 Å². The highest BCUT2D eigenvalue weighted by Gasteiger charge is 2.14. The van der Waals surface area contributed by atoms with E-state index in [2.05, 4.69) is 32.9 Å². The molecule has 1 atom stereocenters. The molecule has 1 amide bonds. The fourth-order valence-electron chi connectivity index (χ4n) is 1.59. The number of aryl methyl sites for hydroxylation is 1. The van der Waals surface area contributed by atoms with Gasteiger partial charge in [-0.05, 0) is 31.0 Å². The van der Waals surface area contributed by atoms with Crippen LogP contribution in [0.3, 0.4) is 0 Å². The summed E-state index contributed by atoms with van der Waals surface area (Å²) < 4.78 is 0. The third-order valence-electron chi connectivity index (χ3n) is 2.72. The summed E-state index contributed by atoms with van der Waals surface area (Å²) in [4.78, 5) is 12.0. The van der Waals surface area contributed by atoms with Gasteiger partial charge in [-0.25, -0.2) is 0 Å². The zero-order valence-electron chi connectivity index (χ0n) is 10.3. The molecule has 0 bridgehead atoms. The van der Waals surface area contributed by atoms with E-state index >= 15 is 0 Å². The highest BCUT2D eigenvalue weighted by atomic mass is 16.1. The van der Waals surface area contributed by atoms with Gasteiger partial charge in [-0.15, -0.1) is 10.2 Å². The lowest BCUT2D eigenvalue weighted by atomic mass is 10.1. The molecule has 1 unspecified atom stereocenters. The molecule has 1 aromatic heterocycles. The number of nitrogens with zero attached hydrogens (tertiary/aromatic N) is 3. The third-order valence-corrected chi connectivity index (χ3v) is 2.72. The van der Waals surface area contributed by atoms with Gasteiger partial charge in [0.25, 0.3) is 5.91 Å². The number of nitrogens with one attached hydrogen (secondary N) is 2. The van der Waals surface area contributed by atoms with Gasteiger partial charge in [0.05, 0.1) is 6.04 Å². The average molecular weight is 245 g/mol. The van der Waals surface area contributed by atoms with Gasteiger partial charge in [-0.2, -0.15) is 5.21 Å². The van der Waals surface area contributed by atoms with Crippen molar-refractivity contribution in [3.8, 4) is 0 Å². The van der Waals surface area contributed by atoms with Crippen LogP contribution in [0.5, 0.6) is 0 Å². The van der Waals surface area contributed by atoms with Crippen LogP contribution in [0.25, 0.3) is 0 Å². The predicted octanol–water partition coefficient (Wildman–Crippen LogP) is 1.25. The standard InChI is InChI=1S/C12H15N5O/c1-3-9-4-6-10(7-5-9)12(18)13-8(2)11-14-16-17-15-11/h4-8H,3H2,1-2H3,(H,13,18)(H,14,15,16,17). The van der Waals surface area contributed by atoms with E-state index in [9.17, 15) is 4.79 Å². The molecule has 0 aliphatic heterocycles. The first-order chi connectivity index (χ1) is 8.70. The van der Waals surface area contributed by atoms with Crippen molar-refractivity contribution >= 4 is 5.91 Å². The molecule has 1 aromatic carbocycles. The molecule has 0 saturated carbocycles. The molecule has 0 fully saturated rings. The summed E-state index contributed by atoms with van der Waals surface area (Å²) in [5, 5.41) is 16.3. The minimum atomic E-state index is -0.276. The topological polar surface area (TPSA) is 83.6 Å². The number of H-pyrrole nitrogens is 1. The highest BCUT2D eigenvalue weighted by Crippen LogP contribution is 2.08. The van der Waals surface area contributed by atoms with Gasteiger partial charge in [0.2, 0.25) is 0 Å². The van der Waals surface area contributed by atoms with Gasteiger partial charge >= 0.3 is 0 Å². The second-order valence-corrected chi connectivity index (χ2v) is 4.02. The fraction of sp³-hybridized carbons (Fsp3) is 0.333. The number of benzene rings is 1. The third kappa shape index (κ3) is 2.71. The van der Waals surface area contributed by atoms with Crippen molar-refractivity contribution in [1.82, 2.24) is 25.9 Å². The molecular formula is C12H15N5O. The lowest BCUT2D eigenvalue weighted by Gasteiger charge is -2.10. The Labute approximate surface area is 105 Å². The maximum Gasteiger partial charge on any atom is 0.251 e. The van der Waals surface area contributed by atoms with Crippen molar-refractivity contribution in [2.75, 3.05) is 0 Å². The number of aromatic nitrogens is 4. The van der Waals surface area contributed by atoms with E-state index in [1.54, 1.807) is 0 Å². The molecule has 0 radical (unpaired) electrons. The lowest BCUT2D eigenvalue weighted by molar-refractivity contribution is 0.0938. The molecule has 1 heterocycles. The first-order valence-electron chi connectivity index (χ1n) is 5.84. The van der Waals surface area contributed by atoms with Crippen LogP contribution in [-0.2, 0) is 6.42 Å². The van der Waals surface area contributed by atoms with Crippen LogP contribution in [0.4, 0.5) is 0 Å². The molecular weight excluding hydrogens is 230 g/mol. The lowest BCUT2D eigenvalue weighted by Crippen LogP contribution is -2.27. The molecule has 2 rings (SSSR count). The maximum atomic E-state index is 12.0. The molecule has 2 aromatic rings. The average Bonchev–Trinajstić information content (AvgIpc) is 2.92. The second-order valence-electron chi connectivity index (χ2n) is 4.02. The number of tetrazole rings is 1. The fourth-order valence-corrected chi connectivity index (χ4v) is 1.59. The van der Waals surface area contributed by atoms with E-state index in [0.29, 0.717) is 11.4 Å². The van der Waals surface area contributed by atoms with Crippen LogP contribution in [0.15, 0.2) is 24.3 Å². The van der Waals surface area contributed by atoms with Gasteiger partial charge < -0.3 is 5.32 Å². The second kappa shape index (κ2) is 5.39. The number of carbonyl (C=O) groups excluding carboxylic acids is 1. The van der Waals surface area contributed by atoms with Gasteiger partial charge in [0, 0.05) is 5.56 Å². The number of hydrogen-bond donors (Lipinski definition) is 2. The van der Waals surface area contributed by atoms with Crippen molar-refractivity contribution in [3.63, 3.8) is 0 Å². The Kier molecular flexibility index (Phi) is 3.66.